The van der Waals surface area contributed by atoms with Gasteiger partial charge in [-0.15, -0.1) is 0 Å². The van der Waals surface area contributed by atoms with Gasteiger partial charge < -0.3 is 10.5 Å². The number of hydrogen-bond donors (Lipinski definition) is 1. The molecule has 1 rings (SSSR count). The smallest absolute Gasteiger partial charge is 0.235 e. The summed E-state index contributed by atoms with van der Waals surface area (Å²) < 4.78 is 7.46. The molecular formula is C13H25N3O. The van der Waals surface area contributed by atoms with E-state index in [0.717, 1.165) is 12.1 Å². The zero-order chi connectivity index (χ0) is 13.0. The van der Waals surface area contributed by atoms with Gasteiger partial charge in [0.05, 0.1) is 12.3 Å². The van der Waals surface area contributed by atoms with Crippen LogP contribution in [0.2, 0.25) is 0 Å². The van der Waals surface area contributed by atoms with Gasteiger partial charge in [-0.1, -0.05) is 27.7 Å². The lowest BCUT2D eigenvalue weighted by Crippen LogP contribution is -2.05. The fourth-order valence-electron chi connectivity index (χ4n) is 1.80. The fourth-order valence-corrected chi connectivity index (χ4v) is 1.80. The predicted octanol–water partition coefficient (Wildman–Crippen LogP) is 2.94. The summed E-state index contributed by atoms with van der Waals surface area (Å²) in [5.74, 6) is 1.75. The molecular weight excluding hydrogens is 214 g/mol. The molecule has 0 unspecified atom stereocenters. The van der Waals surface area contributed by atoms with E-state index in [1.54, 1.807) is 4.68 Å². The Hall–Kier alpha value is -1.19. The summed E-state index contributed by atoms with van der Waals surface area (Å²) in [5, 5.41) is 4.39. The summed E-state index contributed by atoms with van der Waals surface area (Å²) in [7, 11) is 1.88. The van der Waals surface area contributed by atoms with E-state index in [-0.39, 0.29) is 0 Å². The lowest BCUT2D eigenvalue weighted by Gasteiger charge is -2.08. The molecule has 0 saturated heterocycles. The molecule has 1 aromatic heterocycles. The lowest BCUT2D eigenvalue weighted by molar-refractivity contribution is 0.275. The highest BCUT2D eigenvalue weighted by atomic mass is 16.5. The second kappa shape index (κ2) is 5.94. The second-order valence-electron chi connectivity index (χ2n) is 5.27. The molecule has 1 heterocycles. The van der Waals surface area contributed by atoms with Crippen molar-refractivity contribution in [3.05, 3.63) is 5.69 Å². The van der Waals surface area contributed by atoms with E-state index in [9.17, 15) is 0 Å². The maximum Gasteiger partial charge on any atom is 0.235 e. The minimum atomic E-state index is 0.328. The van der Waals surface area contributed by atoms with Crippen LogP contribution in [0.3, 0.4) is 0 Å². The van der Waals surface area contributed by atoms with Crippen LogP contribution < -0.4 is 10.5 Å². The van der Waals surface area contributed by atoms with Gasteiger partial charge in [-0.25, -0.2) is 4.68 Å². The summed E-state index contributed by atoms with van der Waals surface area (Å²) in [6, 6.07) is 0. The molecule has 2 N–H and O–H groups in total. The Morgan fingerprint density at radius 1 is 1.29 bits per heavy atom. The Morgan fingerprint density at radius 2 is 1.94 bits per heavy atom. The van der Waals surface area contributed by atoms with Crippen LogP contribution in [0.5, 0.6) is 5.88 Å². The quantitative estimate of drug-likeness (QED) is 0.776. The summed E-state index contributed by atoms with van der Waals surface area (Å²) >= 11 is 0. The molecule has 0 spiro atoms. The molecule has 0 bridgehead atoms. The zero-order valence-electron chi connectivity index (χ0n) is 11.7. The standard InChI is InChI=1S/C13H25N3O/c1-9(2)7-6-8-17-13-11(14)12(10(3)4)15-16(13)5/h9-10H,6-8,14H2,1-5H3. The zero-order valence-corrected chi connectivity index (χ0v) is 11.7. The van der Waals surface area contributed by atoms with E-state index in [0.29, 0.717) is 30.0 Å². The van der Waals surface area contributed by atoms with E-state index in [1.165, 1.54) is 6.42 Å². The monoisotopic (exact) mass is 239 g/mol. The van der Waals surface area contributed by atoms with Crippen molar-refractivity contribution in [3.63, 3.8) is 0 Å². The van der Waals surface area contributed by atoms with Gasteiger partial charge in [-0.2, -0.15) is 5.10 Å². The van der Waals surface area contributed by atoms with Crippen molar-refractivity contribution in [2.45, 2.75) is 46.5 Å². The van der Waals surface area contributed by atoms with Crippen molar-refractivity contribution in [1.82, 2.24) is 9.78 Å². The molecule has 0 atom stereocenters. The molecule has 0 fully saturated rings. The van der Waals surface area contributed by atoms with Gasteiger partial charge in [0.15, 0.2) is 0 Å². The molecule has 98 valence electrons. The van der Waals surface area contributed by atoms with Crippen LogP contribution in [0.1, 0.15) is 52.1 Å². The summed E-state index contributed by atoms with van der Waals surface area (Å²) in [5.41, 5.74) is 7.65. The number of rotatable bonds is 6. The van der Waals surface area contributed by atoms with Gasteiger partial charge in [-0.05, 0) is 24.7 Å². The summed E-state index contributed by atoms with van der Waals surface area (Å²) in [6.45, 7) is 9.31. The highest BCUT2D eigenvalue weighted by Crippen LogP contribution is 2.29. The number of ether oxygens (including phenoxy) is 1. The number of nitrogens with two attached hydrogens (primary N) is 1. The van der Waals surface area contributed by atoms with Crippen LogP contribution in [-0.4, -0.2) is 16.4 Å². The predicted molar refractivity (Wildman–Crippen MR) is 71.3 cm³/mol. The van der Waals surface area contributed by atoms with Gasteiger partial charge in [-0.3, -0.25) is 0 Å². The molecule has 0 aliphatic rings. The molecule has 1 aromatic rings. The normalized spacial score (nSPS) is 11.5. The third-order valence-corrected chi connectivity index (χ3v) is 2.77. The van der Waals surface area contributed by atoms with Crippen molar-refractivity contribution in [3.8, 4) is 5.88 Å². The van der Waals surface area contributed by atoms with E-state index in [4.69, 9.17) is 10.5 Å². The van der Waals surface area contributed by atoms with Gasteiger partial charge in [0.25, 0.3) is 0 Å². The molecule has 17 heavy (non-hydrogen) atoms. The summed E-state index contributed by atoms with van der Waals surface area (Å²) in [6.07, 6.45) is 2.23. The minimum Gasteiger partial charge on any atom is -0.476 e. The molecule has 0 aliphatic heterocycles. The van der Waals surface area contributed by atoms with E-state index >= 15 is 0 Å². The van der Waals surface area contributed by atoms with Crippen molar-refractivity contribution < 1.29 is 4.74 Å². The molecule has 0 aliphatic carbocycles. The average Bonchev–Trinajstić information content (AvgIpc) is 2.50. The molecule has 0 aromatic carbocycles. The molecule has 4 nitrogen and oxygen atoms in total. The number of nitrogen functional groups attached to an aromatic ring is 1. The number of nitrogens with zero attached hydrogens (tertiary/aromatic N) is 2. The number of hydrogen-bond acceptors (Lipinski definition) is 3. The topological polar surface area (TPSA) is 53.1 Å². The average molecular weight is 239 g/mol. The number of aryl methyl sites for hydroxylation is 1. The Balaban J connectivity index is 2.59. The van der Waals surface area contributed by atoms with E-state index < -0.39 is 0 Å². The highest BCUT2D eigenvalue weighted by molar-refractivity contribution is 5.54. The van der Waals surface area contributed by atoms with Crippen LogP contribution in [-0.2, 0) is 7.05 Å². The molecule has 0 radical (unpaired) electrons. The van der Waals surface area contributed by atoms with Crippen molar-refractivity contribution in [2.24, 2.45) is 13.0 Å². The van der Waals surface area contributed by atoms with Gasteiger partial charge in [0.2, 0.25) is 5.88 Å². The van der Waals surface area contributed by atoms with Crippen molar-refractivity contribution in [1.29, 1.82) is 0 Å². The van der Waals surface area contributed by atoms with Gasteiger partial charge >= 0.3 is 0 Å². The molecule has 0 saturated carbocycles. The van der Waals surface area contributed by atoms with E-state index in [1.807, 2.05) is 7.05 Å². The Morgan fingerprint density at radius 3 is 2.41 bits per heavy atom. The SMILES string of the molecule is CC(C)CCCOc1c(N)c(C(C)C)nn1C. The Bertz CT molecular complexity index is 356. The van der Waals surface area contributed by atoms with Crippen molar-refractivity contribution >= 4 is 5.69 Å². The van der Waals surface area contributed by atoms with Gasteiger partial charge in [0, 0.05) is 7.05 Å². The Labute approximate surface area is 104 Å². The summed E-state index contributed by atoms with van der Waals surface area (Å²) in [4.78, 5) is 0. The van der Waals surface area contributed by atoms with Gasteiger partial charge in [0.1, 0.15) is 5.69 Å². The first kappa shape index (κ1) is 13.9. The van der Waals surface area contributed by atoms with E-state index in [2.05, 4.69) is 32.8 Å². The fraction of sp³-hybridized carbons (Fsp3) is 0.769. The van der Waals surface area contributed by atoms with Crippen LogP contribution in [0, 0.1) is 5.92 Å². The lowest BCUT2D eigenvalue weighted by atomic mass is 10.1. The number of aromatic nitrogens is 2. The Kier molecular flexibility index (Phi) is 4.85. The van der Waals surface area contributed by atoms with Crippen LogP contribution in [0.25, 0.3) is 0 Å². The third kappa shape index (κ3) is 3.65. The van der Waals surface area contributed by atoms with Crippen molar-refractivity contribution in [2.75, 3.05) is 12.3 Å². The molecule has 0 amide bonds. The third-order valence-electron chi connectivity index (χ3n) is 2.77. The first-order valence-corrected chi connectivity index (χ1v) is 6.38. The molecule has 4 heteroatoms. The largest absolute Gasteiger partial charge is 0.476 e. The maximum atomic E-state index is 6.04. The van der Waals surface area contributed by atoms with Crippen LogP contribution in [0.4, 0.5) is 5.69 Å². The minimum absolute atomic E-state index is 0.328. The first-order valence-electron chi connectivity index (χ1n) is 6.38. The highest BCUT2D eigenvalue weighted by Gasteiger charge is 2.16. The second-order valence-corrected chi connectivity index (χ2v) is 5.27. The van der Waals surface area contributed by atoms with Crippen LogP contribution >= 0.6 is 0 Å². The number of anilines is 1. The van der Waals surface area contributed by atoms with Crippen LogP contribution in [0.15, 0.2) is 0 Å². The maximum absolute atomic E-state index is 6.04. The first-order chi connectivity index (χ1) is 7.93.